The Morgan fingerprint density at radius 1 is 1.33 bits per heavy atom. The van der Waals surface area contributed by atoms with Crippen LogP contribution in [0.15, 0.2) is 18.2 Å². The molecule has 0 bridgehead atoms. The molecule has 1 aliphatic rings. The monoisotopic (exact) mass is 301 g/mol. The van der Waals surface area contributed by atoms with Crippen LogP contribution >= 0.6 is 0 Å². The van der Waals surface area contributed by atoms with E-state index in [0.29, 0.717) is 6.61 Å². The summed E-state index contributed by atoms with van der Waals surface area (Å²) in [5.41, 5.74) is -1.03. The maximum atomic E-state index is 13.1. The predicted molar refractivity (Wildman–Crippen MR) is 67.7 cm³/mol. The molecule has 1 fully saturated rings. The zero-order chi connectivity index (χ0) is 15.6. The van der Waals surface area contributed by atoms with Crippen LogP contribution in [0.25, 0.3) is 0 Å². The molecule has 2 amide bonds. The van der Waals surface area contributed by atoms with E-state index in [1.54, 1.807) is 6.92 Å². The van der Waals surface area contributed by atoms with Crippen molar-refractivity contribution in [1.29, 1.82) is 0 Å². The van der Waals surface area contributed by atoms with Crippen LogP contribution in [0.5, 0.6) is 5.75 Å². The van der Waals surface area contributed by atoms with Crippen LogP contribution in [-0.4, -0.2) is 18.4 Å². The van der Waals surface area contributed by atoms with E-state index in [4.69, 9.17) is 4.74 Å². The molecule has 21 heavy (non-hydrogen) atoms. The number of hydrogen-bond donors (Lipinski definition) is 1. The minimum absolute atomic E-state index is 0.0204. The second-order valence-electron chi connectivity index (χ2n) is 4.68. The van der Waals surface area contributed by atoms with Gasteiger partial charge in [0, 0.05) is 6.42 Å². The summed E-state index contributed by atoms with van der Waals surface area (Å²) in [6.45, 7) is 2.02. The number of carbonyl (C=O) groups is 2. The predicted octanol–water partition coefficient (Wildman–Crippen LogP) is 2.62. The van der Waals surface area contributed by atoms with Crippen LogP contribution < -0.4 is 10.1 Å². The first-order valence-electron chi connectivity index (χ1n) is 6.50. The smallest absolute Gasteiger partial charge is 0.416 e. The minimum Gasteiger partial charge on any atom is -0.494 e. The first kappa shape index (κ1) is 15.3. The number of carbonyl (C=O) groups excluding carboxylic acids is 2. The second-order valence-corrected chi connectivity index (χ2v) is 4.68. The summed E-state index contributed by atoms with van der Waals surface area (Å²) < 4.78 is 44.5. The lowest BCUT2D eigenvalue weighted by Crippen LogP contribution is -2.40. The Labute approximate surface area is 119 Å². The first-order chi connectivity index (χ1) is 9.82. The average molecular weight is 301 g/mol. The van der Waals surface area contributed by atoms with E-state index in [2.05, 4.69) is 5.32 Å². The van der Waals surface area contributed by atoms with Crippen molar-refractivity contribution in [2.75, 3.05) is 6.61 Å². The van der Waals surface area contributed by atoms with Gasteiger partial charge in [0.15, 0.2) is 0 Å². The fourth-order valence-electron chi connectivity index (χ4n) is 2.33. The average Bonchev–Trinajstić information content (AvgIpc) is 2.37. The molecule has 1 unspecified atom stereocenters. The lowest BCUT2D eigenvalue weighted by Gasteiger charge is -2.24. The molecule has 2 rings (SSSR count). The van der Waals surface area contributed by atoms with Gasteiger partial charge < -0.3 is 4.74 Å². The minimum atomic E-state index is -4.57. The molecule has 4 nitrogen and oxygen atoms in total. The Hall–Kier alpha value is -2.05. The zero-order valence-corrected chi connectivity index (χ0v) is 11.3. The maximum absolute atomic E-state index is 13.1. The van der Waals surface area contributed by atoms with Crippen LogP contribution in [0, 0.1) is 0 Å². The number of hydrogen-bond acceptors (Lipinski definition) is 3. The van der Waals surface area contributed by atoms with E-state index in [0.717, 1.165) is 6.07 Å². The topological polar surface area (TPSA) is 55.4 Å². The van der Waals surface area contributed by atoms with Gasteiger partial charge in [-0.25, -0.2) is 0 Å². The van der Waals surface area contributed by atoms with Crippen molar-refractivity contribution in [2.45, 2.75) is 31.9 Å². The summed E-state index contributed by atoms with van der Waals surface area (Å²) in [6.07, 6.45) is -4.49. The molecule has 1 atom stereocenters. The van der Waals surface area contributed by atoms with E-state index < -0.39 is 29.5 Å². The third-order valence-corrected chi connectivity index (χ3v) is 3.25. The molecular weight excluding hydrogens is 287 g/mol. The molecule has 1 aromatic carbocycles. The lowest BCUT2D eigenvalue weighted by molar-refractivity contribution is -0.139. The highest BCUT2D eigenvalue weighted by Crippen LogP contribution is 2.39. The first-order valence-corrected chi connectivity index (χ1v) is 6.50. The van der Waals surface area contributed by atoms with Gasteiger partial charge in [0.25, 0.3) is 0 Å². The van der Waals surface area contributed by atoms with Crippen LogP contribution in [0.1, 0.15) is 36.8 Å². The largest absolute Gasteiger partial charge is 0.494 e. The van der Waals surface area contributed by atoms with Gasteiger partial charge in [-0.05, 0) is 37.1 Å². The van der Waals surface area contributed by atoms with Crippen molar-refractivity contribution in [2.24, 2.45) is 0 Å². The quantitative estimate of drug-likeness (QED) is 0.873. The highest BCUT2D eigenvalue weighted by molar-refractivity contribution is 6.01. The molecule has 1 heterocycles. The molecule has 1 aromatic rings. The van der Waals surface area contributed by atoms with Crippen LogP contribution in [0.3, 0.4) is 0 Å². The highest BCUT2D eigenvalue weighted by Gasteiger charge is 2.38. The summed E-state index contributed by atoms with van der Waals surface area (Å²) in [6, 6.07) is 3.36. The zero-order valence-electron chi connectivity index (χ0n) is 11.3. The summed E-state index contributed by atoms with van der Waals surface area (Å²) in [4.78, 5) is 22.9. The van der Waals surface area contributed by atoms with E-state index in [1.807, 2.05) is 0 Å². The third-order valence-electron chi connectivity index (χ3n) is 3.25. The highest BCUT2D eigenvalue weighted by atomic mass is 19.4. The van der Waals surface area contributed by atoms with Gasteiger partial charge >= 0.3 is 6.18 Å². The maximum Gasteiger partial charge on any atom is 0.416 e. The Kier molecular flexibility index (Phi) is 4.20. The van der Waals surface area contributed by atoms with Crippen molar-refractivity contribution in [1.82, 2.24) is 5.32 Å². The molecule has 114 valence electrons. The van der Waals surface area contributed by atoms with E-state index in [1.165, 1.54) is 12.1 Å². The Balaban J connectivity index is 2.45. The van der Waals surface area contributed by atoms with Gasteiger partial charge in [0.2, 0.25) is 11.8 Å². The third kappa shape index (κ3) is 3.34. The van der Waals surface area contributed by atoms with Crippen molar-refractivity contribution in [3.05, 3.63) is 29.3 Å². The molecule has 0 aromatic heterocycles. The summed E-state index contributed by atoms with van der Waals surface area (Å²) >= 11 is 0. The number of imide groups is 1. The fourth-order valence-corrected chi connectivity index (χ4v) is 2.33. The van der Waals surface area contributed by atoms with Crippen molar-refractivity contribution in [3.63, 3.8) is 0 Å². The summed E-state index contributed by atoms with van der Waals surface area (Å²) in [5.74, 6) is -1.90. The molecule has 0 radical (unpaired) electrons. The Morgan fingerprint density at radius 2 is 2.05 bits per heavy atom. The van der Waals surface area contributed by atoms with E-state index >= 15 is 0 Å². The van der Waals surface area contributed by atoms with Crippen molar-refractivity contribution < 1.29 is 27.5 Å². The van der Waals surface area contributed by atoms with Crippen molar-refractivity contribution >= 4 is 11.8 Å². The molecule has 0 spiro atoms. The Morgan fingerprint density at radius 3 is 2.62 bits per heavy atom. The number of ether oxygens (including phenoxy) is 1. The van der Waals surface area contributed by atoms with Gasteiger partial charge in [0.05, 0.1) is 18.1 Å². The Bertz CT molecular complexity index is 569. The lowest BCUT2D eigenvalue weighted by atomic mass is 9.87. The van der Waals surface area contributed by atoms with Crippen LogP contribution in [0.2, 0.25) is 0 Å². The van der Waals surface area contributed by atoms with E-state index in [-0.39, 0.29) is 24.2 Å². The summed E-state index contributed by atoms with van der Waals surface area (Å²) in [5, 5.41) is 2.07. The molecule has 1 saturated heterocycles. The number of halogens is 3. The number of alkyl halides is 3. The number of nitrogens with one attached hydrogen (secondary N) is 1. The fraction of sp³-hybridized carbons (Fsp3) is 0.429. The van der Waals surface area contributed by atoms with Gasteiger partial charge in [-0.1, -0.05) is 0 Å². The molecule has 0 saturated carbocycles. The number of rotatable bonds is 3. The number of piperidine rings is 1. The van der Waals surface area contributed by atoms with Crippen LogP contribution in [-0.2, 0) is 15.8 Å². The van der Waals surface area contributed by atoms with E-state index in [9.17, 15) is 22.8 Å². The number of benzene rings is 1. The van der Waals surface area contributed by atoms with Gasteiger partial charge in [-0.15, -0.1) is 0 Å². The van der Waals surface area contributed by atoms with Crippen LogP contribution in [0.4, 0.5) is 13.2 Å². The molecule has 0 aliphatic carbocycles. The second kappa shape index (κ2) is 5.75. The van der Waals surface area contributed by atoms with Crippen molar-refractivity contribution in [3.8, 4) is 5.75 Å². The molecular formula is C14H14F3NO3. The standard InChI is InChI=1S/C14H14F3NO3/c1-2-21-8-3-5-11(14(15,16)17)10(7-8)9-4-6-12(19)18-13(9)20/h3,5,7,9H,2,4,6H2,1H3,(H,18,19,20). The van der Waals surface area contributed by atoms with Gasteiger partial charge in [0.1, 0.15) is 5.75 Å². The summed E-state index contributed by atoms with van der Waals surface area (Å²) in [7, 11) is 0. The van der Waals surface area contributed by atoms with Gasteiger partial charge in [-0.3, -0.25) is 14.9 Å². The molecule has 7 heteroatoms. The SMILES string of the molecule is CCOc1ccc(C(F)(F)F)c(C2CCC(=O)NC2=O)c1. The molecule has 1 aliphatic heterocycles. The number of amides is 2. The normalized spacial score (nSPS) is 19.3. The molecule has 1 N–H and O–H groups in total. The van der Waals surface area contributed by atoms with Gasteiger partial charge in [-0.2, -0.15) is 13.2 Å².